The lowest BCUT2D eigenvalue weighted by molar-refractivity contribution is -0.137. The molecule has 0 spiro atoms. The molecule has 1 aliphatic carbocycles. The summed E-state index contributed by atoms with van der Waals surface area (Å²) in [7, 11) is -3.41. The number of imidazole rings is 1. The van der Waals surface area contributed by atoms with Crippen LogP contribution in [-0.4, -0.2) is 47.1 Å². The molecule has 0 bridgehead atoms. The normalized spacial score (nSPS) is 14.7. The summed E-state index contributed by atoms with van der Waals surface area (Å²) in [6.07, 6.45) is -2.86. The zero-order chi connectivity index (χ0) is 29.5. The van der Waals surface area contributed by atoms with Gasteiger partial charge in [0.15, 0.2) is 15.7 Å². The van der Waals surface area contributed by atoms with Gasteiger partial charge in [-0.05, 0) is 60.9 Å². The van der Waals surface area contributed by atoms with E-state index < -0.39 is 45.8 Å². The van der Waals surface area contributed by atoms with E-state index in [1.165, 1.54) is 31.2 Å². The number of hydrogen-bond donors (Lipinski definition) is 2. The fourth-order valence-electron chi connectivity index (χ4n) is 4.62. The first-order chi connectivity index (χ1) is 19.4. The van der Waals surface area contributed by atoms with Crippen molar-refractivity contribution in [2.24, 2.45) is 0 Å². The summed E-state index contributed by atoms with van der Waals surface area (Å²) < 4.78 is 64.8. The van der Waals surface area contributed by atoms with Crippen molar-refractivity contribution in [1.29, 1.82) is 0 Å². The third-order valence-corrected chi connectivity index (χ3v) is 8.82. The molecule has 0 unspecified atom stereocenters. The monoisotopic (exact) mass is 585 g/mol. The molecule has 1 heterocycles. The number of aromatic nitrogens is 2. The molecular weight excluding hydrogens is 559 g/mol. The molecule has 1 saturated carbocycles. The van der Waals surface area contributed by atoms with Gasteiger partial charge in [-0.3, -0.25) is 9.59 Å². The van der Waals surface area contributed by atoms with E-state index in [4.69, 9.17) is 0 Å². The number of carbonyl (C=O) groups excluding carboxylic acids is 2. The van der Waals surface area contributed by atoms with Crippen LogP contribution in [-0.2, 0) is 20.8 Å². The van der Waals surface area contributed by atoms with E-state index in [1.807, 2.05) is 0 Å². The van der Waals surface area contributed by atoms with Gasteiger partial charge >= 0.3 is 6.18 Å². The van der Waals surface area contributed by atoms with Gasteiger partial charge in [0.05, 0.1) is 39.8 Å². The van der Waals surface area contributed by atoms with E-state index >= 15 is 0 Å². The Morgan fingerprint density at radius 2 is 1.71 bits per heavy atom. The molecule has 0 aliphatic heterocycles. The maximum atomic E-state index is 13.3. The van der Waals surface area contributed by atoms with Gasteiger partial charge in [0, 0.05) is 17.3 Å². The highest BCUT2D eigenvalue weighted by molar-refractivity contribution is 7.91. The summed E-state index contributed by atoms with van der Waals surface area (Å²) >= 11 is 0. The highest BCUT2D eigenvalue weighted by atomic mass is 32.2. The number of amides is 1. The molecule has 0 radical (unpaired) electrons. The highest BCUT2D eigenvalue weighted by Crippen LogP contribution is 2.40. The maximum Gasteiger partial charge on any atom is 0.416 e. The maximum absolute atomic E-state index is 13.3. The number of nitrogens with one attached hydrogen (secondary N) is 1. The second kappa shape index (κ2) is 10.7. The van der Waals surface area contributed by atoms with Crippen molar-refractivity contribution in [3.8, 4) is 0 Å². The van der Waals surface area contributed by atoms with Gasteiger partial charge in [0.25, 0.3) is 0 Å². The van der Waals surface area contributed by atoms with Crippen molar-refractivity contribution in [3.05, 3.63) is 89.2 Å². The Balaban J connectivity index is 1.40. The summed E-state index contributed by atoms with van der Waals surface area (Å²) in [6.45, 7) is 1.02. The average Bonchev–Trinajstić information content (AvgIpc) is 3.72. The SMILES string of the molecule is CCS(=O)(=O)c1ccc([C@H](CO)C(=O)Nc2ccc3c(c2)nc(C(=O)c2ccc(C(F)(F)F)cc2)n3C2CC2)cc1. The molecule has 8 nitrogen and oxygen atoms in total. The first-order valence-corrected chi connectivity index (χ1v) is 14.6. The minimum Gasteiger partial charge on any atom is -0.395 e. The van der Waals surface area contributed by atoms with Crippen LogP contribution in [0, 0.1) is 0 Å². The summed E-state index contributed by atoms with van der Waals surface area (Å²) in [5, 5.41) is 12.7. The van der Waals surface area contributed by atoms with Crippen LogP contribution in [0.5, 0.6) is 0 Å². The largest absolute Gasteiger partial charge is 0.416 e. The molecule has 214 valence electrons. The topological polar surface area (TPSA) is 118 Å². The van der Waals surface area contributed by atoms with Crippen molar-refractivity contribution in [2.45, 2.75) is 42.8 Å². The van der Waals surface area contributed by atoms with Crippen molar-refractivity contribution >= 4 is 38.2 Å². The minimum atomic E-state index is -4.52. The van der Waals surface area contributed by atoms with Gasteiger partial charge in [-0.2, -0.15) is 13.2 Å². The van der Waals surface area contributed by atoms with E-state index in [9.17, 15) is 36.3 Å². The molecule has 5 rings (SSSR count). The summed E-state index contributed by atoms with van der Waals surface area (Å²) in [4.78, 5) is 30.9. The van der Waals surface area contributed by atoms with Crippen LogP contribution < -0.4 is 5.32 Å². The van der Waals surface area contributed by atoms with Gasteiger partial charge in [0.2, 0.25) is 11.7 Å². The number of benzene rings is 3. The first-order valence-electron chi connectivity index (χ1n) is 12.9. The molecule has 4 aromatic rings. The van der Waals surface area contributed by atoms with Crippen LogP contribution in [0.2, 0.25) is 0 Å². The molecule has 41 heavy (non-hydrogen) atoms. The van der Waals surface area contributed by atoms with Crippen LogP contribution in [0.25, 0.3) is 11.0 Å². The third kappa shape index (κ3) is 5.75. The van der Waals surface area contributed by atoms with Gasteiger partial charge < -0.3 is 15.0 Å². The summed E-state index contributed by atoms with van der Waals surface area (Å²) in [5.74, 6) is -1.97. The second-order valence-electron chi connectivity index (χ2n) is 9.84. The first kappa shape index (κ1) is 28.5. The van der Waals surface area contributed by atoms with Crippen LogP contribution in [0.15, 0.2) is 71.6 Å². The Kier molecular flexibility index (Phi) is 7.47. The molecule has 1 atom stereocenters. The Morgan fingerprint density at radius 1 is 1.05 bits per heavy atom. The molecule has 1 aromatic heterocycles. The number of fused-ring (bicyclic) bond motifs is 1. The number of nitrogens with zero attached hydrogens (tertiary/aromatic N) is 2. The lowest BCUT2D eigenvalue weighted by atomic mass is 9.99. The van der Waals surface area contributed by atoms with Gasteiger partial charge in [-0.15, -0.1) is 0 Å². The molecule has 1 amide bonds. The number of anilines is 1. The standard InChI is InChI=1S/C29H26F3N3O5S/c1-2-41(39,40)22-12-5-17(6-13-22)23(16-36)28(38)33-20-9-14-25-24(15-20)34-27(35(25)21-10-11-21)26(37)18-3-7-19(8-4-18)29(30,31)32/h3-9,12-15,21,23,36H,2,10-11,16H2,1H3,(H,33,38)/t23-/m0/s1. The molecular formula is C29H26F3N3O5S. The van der Waals surface area contributed by atoms with Crippen LogP contribution in [0.1, 0.15) is 59.0 Å². The lowest BCUT2D eigenvalue weighted by Crippen LogP contribution is -2.24. The Hall–Kier alpha value is -4.03. The van der Waals surface area contributed by atoms with E-state index in [-0.39, 0.29) is 28.1 Å². The Labute approximate surface area is 233 Å². The Morgan fingerprint density at radius 3 is 2.27 bits per heavy atom. The number of aliphatic hydroxyl groups excluding tert-OH is 1. The van der Waals surface area contributed by atoms with Crippen LogP contribution in [0.3, 0.4) is 0 Å². The smallest absolute Gasteiger partial charge is 0.395 e. The summed E-state index contributed by atoms with van der Waals surface area (Å²) in [5.41, 5.74) is 1.08. The lowest BCUT2D eigenvalue weighted by Gasteiger charge is -2.15. The number of halogens is 3. The number of rotatable bonds is 9. The Bertz CT molecular complexity index is 1730. The zero-order valence-corrected chi connectivity index (χ0v) is 22.7. The van der Waals surface area contributed by atoms with Crippen LogP contribution in [0.4, 0.5) is 18.9 Å². The number of alkyl halides is 3. The minimum absolute atomic E-state index is 0.0344. The number of carbonyl (C=O) groups is 2. The fraction of sp³-hybridized carbons (Fsp3) is 0.276. The highest BCUT2D eigenvalue weighted by Gasteiger charge is 2.33. The van der Waals surface area contributed by atoms with Crippen LogP contribution >= 0.6 is 0 Å². The predicted molar refractivity (Wildman–Crippen MR) is 146 cm³/mol. The van der Waals surface area contributed by atoms with Crippen molar-refractivity contribution in [2.75, 3.05) is 17.7 Å². The third-order valence-electron chi connectivity index (χ3n) is 7.07. The molecule has 2 N–H and O–H groups in total. The van der Waals surface area contributed by atoms with Crippen molar-refractivity contribution in [3.63, 3.8) is 0 Å². The number of ketones is 1. The van der Waals surface area contributed by atoms with E-state index in [1.54, 1.807) is 22.8 Å². The number of aliphatic hydroxyl groups is 1. The second-order valence-corrected chi connectivity index (χ2v) is 12.1. The average molecular weight is 586 g/mol. The van der Waals surface area contributed by atoms with Gasteiger partial charge in [0.1, 0.15) is 0 Å². The molecule has 12 heteroatoms. The van der Waals surface area contributed by atoms with Gasteiger partial charge in [-0.1, -0.05) is 31.2 Å². The van der Waals surface area contributed by atoms with Gasteiger partial charge in [-0.25, -0.2) is 13.4 Å². The number of hydrogen-bond acceptors (Lipinski definition) is 6. The molecule has 1 aliphatic rings. The van der Waals surface area contributed by atoms with E-state index in [0.717, 1.165) is 37.1 Å². The van der Waals surface area contributed by atoms with E-state index in [0.29, 0.717) is 22.3 Å². The zero-order valence-electron chi connectivity index (χ0n) is 21.9. The van der Waals surface area contributed by atoms with Crippen molar-refractivity contribution < 1.29 is 36.3 Å². The number of sulfone groups is 1. The van der Waals surface area contributed by atoms with E-state index in [2.05, 4.69) is 10.3 Å². The summed E-state index contributed by atoms with van der Waals surface area (Å²) in [6, 6.07) is 14.7. The predicted octanol–water partition coefficient (Wildman–Crippen LogP) is 5.13. The molecule has 1 fully saturated rings. The quantitative estimate of drug-likeness (QED) is 0.263. The fourth-order valence-corrected chi connectivity index (χ4v) is 5.51. The van der Waals surface area contributed by atoms with Crippen molar-refractivity contribution in [1.82, 2.24) is 9.55 Å². The molecule has 0 saturated heterocycles. The molecule has 3 aromatic carbocycles.